The van der Waals surface area contributed by atoms with Crippen molar-refractivity contribution < 1.29 is 14.3 Å². The highest BCUT2D eigenvalue weighted by molar-refractivity contribution is 7.10. The Morgan fingerprint density at radius 3 is 2.62 bits per heavy atom. The zero-order valence-corrected chi connectivity index (χ0v) is 16.8. The smallest absolute Gasteiger partial charge is 0.297 e. The van der Waals surface area contributed by atoms with Crippen LogP contribution in [0, 0.1) is 6.92 Å². The summed E-state index contributed by atoms with van der Waals surface area (Å²) in [5.41, 5.74) is 3.89. The number of amides is 1. The number of aryl methyl sites for hydroxylation is 1. The Hall–Kier alpha value is -3.45. The molecule has 29 heavy (non-hydrogen) atoms. The fourth-order valence-electron chi connectivity index (χ4n) is 3.21. The molecule has 4 rings (SSSR count). The summed E-state index contributed by atoms with van der Waals surface area (Å²) in [5, 5.41) is 3.20. The van der Waals surface area contributed by atoms with Crippen molar-refractivity contribution in [1.29, 1.82) is 0 Å². The molecule has 3 heterocycles. The van der Waals surface area contributed by atoms with Crippen LogP contribution in [0.3, 0.4) is 0 Å². The summed E-state index contributed by atoms with van der Waals surface area (Å²) in [6.07, 6.45) is 2.52. The van der Waals surface area contributed by atoms with Crippen LogP contribution in [0.15, 0.2) is 60.8 Å². The standard InChI is InChI=1S/C22H19N3O3S/c1-14-11-20(29-24-14)23-22(27)21(26)18-13-16(25-10-4-3-5-19(18)25)12-15-6-8-17(28-2)9-7-15/h3-11,13H,12H2,1-2H3,(H,23,27). The molecule has 0 radical (unpaired) electrons. The number of nitrogens with one attached hydrogen (secondary N) is 1. The number of benzene rings is 1. The van der Waals surface area contributed by atoms with Crippen LogP contribution < -0.4 is 10.1 Å². The van der Waals surface area contributed by atoms with Gasteiger partial charge in [-0.25, -0.2) is 0 Å². The highest BCUT2D eigenvalue weighted by Crippen LogP contribution is 2.23. The number of Topliss-reactive ketones (excluding diaryl/α,β-unsaturated/α-hetero) is 1. The van der Waals surface area contributed by atoms with E-state index in [0.717, 1.165) is 34.2 Å². The predicted molar refractivity (Wildman–Crippen MR) is 113 cm³/mol. The van der Waals surface area contributed by atoms with E-state index in [0.29, 0.717) is 22.5 Å². The quantitative estimate of drug-likeness (QED) is 0.387. The number of hydrogen-bond donors (Lipinski definition) is 1. The van der Waals surface area contributed by atoms with Crippen molar-refractivity contribution >= 4 is 33.7 Å². The maximum atomic E-state index is 12.9. The molecule has 0 aliphatic rings. The van der Waals surface area contributed by atoms with Gasteiger partial charge in [0, 0.05) is 18.3 Å². The van der Waals surface area contributed by atoms with E-state index in [2.05, 4.69) is 9.69 Å². The molecular weight excluding hydrogens is 386 g/mol. The SMILES string of the molecule is COc1ccc(Cc2cc(C(=O)C(=O)Nc3cc(C)ns3)c3ccccn23)cc1. The topological polar surface area (TPSA) is 72.7 Å². The number of nitrogens with zero attached hydrogens (tertiary/aromatic N) is 2. The van der Waals surface area contributed by atoms with E-state index in [1.54, 1.807) is 19.2 Å². The second kappa shape index (κ2) is 7.89. The average Bonchev–Trinajstić information content (AvgIpc) is 3.31. The first-order valence-electron chi connectivity index (χ1n) is 9.06. The lowest BCUT2D eigenvalue weighted by Gasteiger charge is -2.04. The summed E-state index contributed by atoms with van der Waals surface area (Å²) in [6.45, 7) is 1.83. The van der Waals surface area contributed by atoms with Crippen LogP contribution in [0.4, 0.5) is 5.00 Å². The van der Waals surface area contributed by atoms with E-state index in [1.165, 1.54) is 0 Å². The summed E-state index contributed by atoms with van der Waals surface area (Å²) in [6, 6.07) is 16.9. The molecule has 0 aliphatic carbocycles. The molecule has 1 amide bonds. The van der Waals surface area contributed by atoms with Gasteiger partial charge in [0.1, 0.15) is 10.8 Å². The Labute approximate surface area is 171 Å². The van der Waals surface area contributed by atoms with Gasteiger partial charge in [0.05, 0.1) is 23.9 Å². The van der Waals surface area contributed by atoms with Crippen LogP contribution in [-0.2, 0) is 11.2 Å². The summed E-state index contributed by atoms with van der Waals surface area (Å²) < 4.78 is 11.3. The molecule has 0 fully saturated rings. The molecule has 0 aliphatic heterocycles. The number of fused-ring (bicyclic) bond motifs is 1. The number of ketones is 1. The van der Waals surface area contributed by atoms with Crippen molar-refractivity contribution in [2.24, 2.45) is 0 Å². The molecule has 146 valence electrons. The van der Waals surface area contributed by atoms with E-state index < -0.39 is 11.7 Å². The minimum absolute atomic E-state index is 0.382. The minimum atomic E-state index is -0.666. The van der Waals surface area contributed by atoms with Crippen LogP contribution in [0.1, 0.15) is 27.3 Å². The molecule has 0 spiro atoms. The Balaban J connectivity index is 1.64. The Bertz CT molecular complexity index is 1190. The monoisotopic (exact) mass is 405 g/mol. The van der Waals surface area contributed by atoms with E-state index in [-0.39, 0.29) is 0 Å². The summed E-state index contributed by atoms with van der Waals surface area (Å²) in [7, 11) is 1.63. The average molecular weight is 405 g/mol. The van der Waals surface area contributed by atoms with Crippen molar-refractivity contribution in [3.63, 3.8) is 0 Å². The molecule has 1 aromatic carbocycles. The fraction of sp³-hybridized carbons (Fsp3) is 0.136. The van der Waals surface area contributed by atoms with Gasteiger partial charge in [-0.3, -0.25) is 9.59 Å². The zero-order valence-electron chi connectivity index (χ0n) is 16.0. The molecule has 0 saturated carbocycles. The number of rotatable bonds is 6. The fourth-order valence-corrected chi connectivity index (χ4v) is 3.86. The summed E-state index contributed by atoms with van der Waals surface area (Å²) in [4.78, 5) is 25.4. The number of ether oxygens (including phenoxy) is 1. The Morgan fingerprint density at radius 1 is 1.14 bits per heavy atom. The molecule has 4 aromatic rings. The number of carbonyl (C=O) groups excluding carboxylic acids is 2. The van der Waals surface area contributed by atoms with Crippen LogP contribution in [0.25, 0.3) is 5.52 Å². The lowest BCUT2D eigenvalue weighted by atomic mass is 10.1. The first kappa shape index (κ1) is 18.9. The van der Waals surface area contributed by atoms with Gasteiger partial charge in [0.25, 0.3) is 11.7 Å². The third-order valence-corrected chi connectivity index (χ3v) is 5.41. The van der Waals surface area contributed by atoms with Crippen molar-refractivity contribution in [3.05, 3.63) is 83.3 Å². The molecule has 6 nitrogen and oxygen atoms in total. The first-order valence-corrected chi connectivity index (χ1v) is 9.83. The molecule has 0 saturated heterocycles. The number of anilines is 1. The summed E-state index contributed by atoms with van der Waals surface area (Å²) in [5.74, 6) is -0.443. The van der Waals surface area contributed by atoms with Gasteiger partial charge >= 0.3 is 0 Å². The molecule has 3 aromatic heterocycles. The molecular formula is C22H19N3O3S. The Morgan fingerprint density at radius 2 is 1.93 bits per heavy atom. The van der Waals surface area contributed by atoms with Crippen molar-refractivity contribution in [3.8, 4) is 5.75 Å². The number of carbonyl (C=O) groups is 2. The second-order valence-electron chi connectivity index (χ2n) is 6.65. The van der Waals surface area contributed by atoms with Crippen LogP contribution in [0.2, 0.25) is 0 Å². The van der Waals surface area contributed by atoms with Gasteiger partial charge in [0.15, 0.2) is 0 Å². The maximum absolute atomic E-state index is 12.9. The number of aromatic nitrogens is 2. The Kier molecular flexibility index (Phi) is 5.14. The van der Waals surface area contributed by atoms with Crippen LogP contribution in [-0.4, -0.2) is 27.6 Å². The summed E-state index contributed by atoms with van der Waals surface area (Å²) >= 11 is 1.15. The largest absolute Gasteiger partial charge is 0.497 e. The van der Waals surface area contributed by atoms with E-state index >= 15 is 0 Å². The number of pyridine rings is 1. The maximum Gasteiger partial charge on any atom is 0.297 e. The van der Waals surface area contributed by atoms with Crippen LogP contribution >= 0.6 is 11.5 Å². The lowest BCUT2D eigenvalue weighted by molar-refractivity contribution is -0.112. The molecule has 0 atom stereocenters. The molecule has 1 N–H and O–H groups in total. The highest BCUT2D eigenvalue weighted by atomic mass is 32.1. The molecule has 7 heteroatoms. The van der Waals surface area contributed by atoms with Gasteiger partial charge in [-0.15, -0.1) is 0 Å². The minimum Gasteiger partial charge on any atom is -0.497 e. The molecule has 0 unspecified atom stereocenters. The van der Waals surface area contributed by atoms with Crippen molar-refractivity contribution in [2.75, 3.05) is 12.4 Å². The van der Waals surface area contributed by atoms with E-state index in [4.69, 9.17) is 4.74 Å². The van der Waals surface area contributed by atoms with Gasteiger partial charge in [0.2, 0.25) is 0 Å². The van der Waals surface area contributed by atoms with Gasteiger partial charge in [-0.1, -0.05) is 18.2 Å². The van der Waals surface area contributed by atoms with Gasteiger partial charge in [-0.05, 0) is 60.4 Å². The zero-order chi connectivity index (χ0) is 20.4. The van der Waals surface area contributed by atoms with Crippen molar-refractivity contribution in [2.45, 2.75) is 13.3 Å². The highest BCUT2D eigenvalue weighted by Gasteiger charge is 2.22. The lowest BCUT2D eigenvalue weighted by Crippen LogP contribution is -2.22. The van der Waals surface area contributed by atoms with Gasteiger partial charge in [-0.2, -0.15) is 4.37 Å². The second-order valence-corrected chi connectivity index (χ2v) is 7.45. The van der Waals surface area contributed by atoms with E-state index in [1.807, 2.05) is 60.0 Å². The van der Waals surface area contributed by atoms with Crippen molar-refractivity contribution in [1.82, 2.24) is 8.77 Å². The van der Waals surface area contributed by atoms with Crippen LogP contribution in [0.5, 0.6) is 5.75 Å². The van der Waals surface area contributed by atoms with E-state index in [9.17, 15) is 9.59 Å². The third-order valence-electron chi connectivity index (χ3n) is 4.62. The molecule has 0 bridgehead atoms. The predicted octanol–water partition coefficient (Wildman–Crippen LogP) is 4.13. The number of hydrogen-bond acceptors (Lipinski definition) is 5. The first-order chi connectivity index (χ1) is 14.0. The number of methoxy groups -OCH3 is 1. The van der Waals surface area contributed by atoms with Gasteiger partial charge < -0.3 is 14.5 Å². The third kappa shape index (κ3) is 3.90. The normalized spacial score (nSPS) is 10.8.